The van der Waals surface area contributed by atoms with Crippen molar-refractivity contribution < 1.29 is 13.6 Å². The average Bonchev–Trinajstić information content (AvgIpc) is 2.55. The van der Waals surface area contributed by atoms with Gasteiger partial charge in [0.05, 0.1) is 0 Å². The predicted molar refractivity (Wildman–Crippen MR) is 84.2 cm³/mol. The molecule has 0 atom stereocenters. The van der Waals surface area contributed by atoms with Crippen molar-refractivity contribution >= 4 is 17.4 Å². The highest BCUT2D eigenvalue weighted by molar-refractivity contribution is 5.92. The molecule has 3 rings (SSSR count). The van der Waals surface area contributed by atoms with Gasteiger partial charge >= 0.3 is 0 Å². The van der Waals surface area contributed by atoms with Crippen molar-refractivity contribution in [2.75, 3.05) is 23.3 Å². The van der Waals surface area contributed by atoms with Crippen molar-refractivity contribution in [3.05, 3.63) is 54.2 Å². The molecule has 1 amide bonds. The summed E-state index contributed by atoms with van der Waals surface area (Å²) in [5.74, 6) is -0.701. The molecule has 1 fully saturated rings. The summed E-state index contributed by atoms with van der Waals surface area (Å²) in [6, 6.07) is 8.76. The number of piperidine rings is 1. The van der Waals surface area contributed by atoms with E-state index in [-0.39, 0.29) is 23.5 Å². The third-order valence-corrected chi connectivity index (χ3v) is 4.00. The molecule has 0 spiro atoms. The van der Waals surface area contributed by atoms with Crippen LogP contribution in [0.3, 0.4) is 0 Å². The van der Waals surface area contributed by atoms with Crippen LogP contribution in [0.4, 0.5) is 20.3 Å². The number of halogens is 2. The highest BCUT2D eigenvalue weighted by Gasteiger charge is 2.26. The quantitative estimate of drug-likeness (QED) is 0.945. The lowest BCUT2D eigenvalue weighted by molar-refractivity contribution is -0.120. The summed E-state index contributed by atoms with van der Waals surface area (Å²) in [6.45, 7) is 1.13. The van der Waals surface area contributed by atoms with Crippen molar-refractivity contribution in [3.63, 3.8) is 0 Å². The number of anilines is 2. The number of pyridine rings is 1. The lowest BCUT2D eigenvalue weighted by atomic mass is 9.95. The molecule has 120 valence electrons. The first kappa shape index (κ1) is 15.4. The molecule has 1 aromatic carbocycles. The number of carbonyl (C=O) groups excluding carboxylic acids is 1. The van der Waals surface area contributed by atoms with E-state index in [0.29, 0.717) is 37.4 Å². The summed E-state index contributed by atoms with van der Waals surface area (Å²) in [5.41, 5.74) is 0.452. The Kier molecular flexibility index (Phi) is 4.50. The Bertz CT molecular complexity index is 700. The Labute approximate surface area is 133 Å². The van der Waals surface area contributed by atoms with Gasteiger partial charge in [0.2, 0.25) is 5.91 Å². The lowest BCUT2D eigenvalue weighted by Crippen LogP contribution is -2.39. The Hall–Kier alpha value is -2.50. The van der Waals surface area contributed by atoms with Gasteiger partial charge in [-0.25, -0.2) is 13.8 Å². The molecule has 0 bridgehead atoms. The fourth-order valence-corrected chi connectivity index (χ4v) is 2.77. The van der Waals surface area contributed by atoms with Crippen molar-refractivity contribution in [1.29, 1.82) is 0 Å². The number of nitrogens with one attached hydrogen (secondary N) is 1. The van der Waals surface area contributed by atoms with Crippen LogP contribution in [0, 0.1) is 17.6 Å². The van der Waals surface area contributed by atoms with Gasteiger partial charge in [0.15, 0.2) is 11.6 Å². The molecule has 23 heavy (non-hydrogen) atoms. The molecule has 6 heteroatoms. The minimum Gasteiger partial charge on any atom is -0.354 e. The largest absolute Gasteiger partial charge is 0.354 e. The molecule has 0 saturated carbocycles. The Morgan fingerprint density at radius 3 is 2.65 bits per heavy atom. The molecule has 0 unspecified atom stereocenters. The summed E-state index contributed by atoms with van der Waals surface area (Å²) in [5, 5.41) is 2.73. The predicted octanol–water partition coefficient (Wildman–Crippen LogP) is 3.21. The van der Waals surface area contributed by atoms with Gasteiger partial charge in [0, 0.05) is 30.9 Å². The van der Waals surface area contributed by atoms with E-state index in [4.69, 9.17) is 0 Å². The maximum Gasteiger partial charge on any atom is 0.227 e. The first-order valence-corrected chi connectivity index (χ1v) is 7.55. The van der Waals surface area contributed by atoms with E-state index >= 15 is 0 Å². The van der Waals surface area contributed by atoms with Crippen LogP contribution in [-0.4, -0.2) is 24.0 Å². The summed E-state index contributed by atoms with van der Waals surface area (Å²) in [7, 11) is 0. The van der Waals surface area contributed by atoms with Gasteiger partial charge < -0.3 is 10.2 Å². The van der Waals surface area contributed by atoms with Crippen LogP contribution in [-0.2, 0) is 4.79 Å². The van der Waals surface area contributed by atoms with E-state index < -0.39 is 0 Å². The average molecular weight is 317 g/mol. The Balaban J connectivity index is 1.58. The van der Waals surface area contributed by atoms with Gasteiger partial charge in [-0.3, -0.25) is 4.79 Å². The topological polar surface area (TPSA) is 45.2 Å². The van der Waals surface area contributed by atoms with Crippen molar-refractivity contribution in [3.8, 4) is 0 Å². The number of hydrogen-bond acceptors (Lipinski definition) is 3. The van der Waals surface area contributed by atoms with Gasteiger partial charge in [0.25, 0.3) is 0 Å². The Morgan fingerprint density at radius 2 is 1.96 bits per heavy atom. The van der Waals surface area contributed by atoms with Crippen molar-refractivity contribution in [2.24, 2.45) is 5.92 Å². The van der Waals surface area contributed by atoms with E-state index in [9.17, 15) is 13.6 Å². The molecule has 0 aliphatic carbocycles. The third-order valence-electron chi connectivity index (χ3n) is 4.00. The number of amides is 1. The molecule has 2 heterocycles. The molecule has 4 nitrogen and oxygen atoms in total. The highest BCUT2D eigenvalue weighted by atomic mass is 19.1. The van der Waals surface area contributed by atoms with E-state index in [1.165, 1.54) is 18.2 Å². The van der Waals surface area contributed by atoms with Crippen LogP contribution in [0.2, 0.25) is 0 Å². The van der Waals surface area contributed by atoms with Crippen LogP contribution < -0.4 is 10.2 Å². The van der Waals surface area contributed by atoms with Crippen LogP contribution in [0.25, 0.3) is 0 Å². The number of benzene rings is 1. The second-order valence-corrected chi connectivity index (χ2v) is 5.57. The lowest BCUT2D eigenvalue weighted by Gasteiger charge is -2.32. The molecule has 1 aliphatic heterocycles. The zero-order chi connectivity index (χ0) is 16.2. The number of rotatable bonds is 3. The van der Waals surface area contributed by atoms with Crippen LogP contribution in [0.15, 0.2) is 42.6 Å². The molecule has 1 aliphatic rings. The van der Waals surface area contributed by atoms with E-state index in [1.54, 1.807) is 24.4 Å². The van der Waals surface area contributed by atoms with E-state index in [0.717, 1.165) is 0 Å². The van der Waals surface area contributed by atoms with Crippen LogP contribution in [0.1, 0.15) is 12.8 Å². The fraction of sp³-hybridized carbons (Fsp3) is 0.294. The second kappa shape index (κ2) is 6.73. The maximum absolute atomic E-state index is 13.7. The second-order valence-electron chi connectivity index (χ2n) is 5.57. The Morgan fingerprint density at radius 1 is 1.17 bits per heavy atom. The van der Waals surface area contributed by atoms with Gasteiger partial charge in [0.1, 0.15) is 5.82 Å². The molecule has 1 aromatic heterocycles. The molecule has 1 N–H and O–H groups in total. The van der Waals surface area contributed by atoms with Crippen LogP contribution >= 0.6 is 0 Å². The van der Waals surface area contributed by atoms with Gasteiger partial charge in [-0.15, -0.1) is 0 Å². The summed E-state index contributed by atoms with van der Waals surface area (Å²) < 4.78 is 26.9. The van der Waals surface area contributed by atoms with Gasteiger partial charge in [-0.1, -0.05) is 6.07 Å². The molecule has 0 radical (unpaired) electrons. The third kappa shape index (κ3) is 3.64. The van der Waals surface area contributed by atoms with Gasteiger partial charge in [-0.05, 0) is 43.2 Å². The maximum atomic E-state index is 13.7. The number of aromatic nitrogens is 1. The van der Waals surface area contributed by atoms with E-state index in [2.05, 4.69) is 10.3 Å². The minimum atomic E-state index is -0.386. The highest BCUT2D eigenvalue weighted by Crippen LogP contribution is 2.24. The summed E-state index contributed by atoms with van der Waals surface area (Å²) >= 11 is 0. The SMILES string of the molecule is O=C(Nc1cccc(F)c1)C1CCN(c2ncccc2F)CC1. The molecular weight excluding hydrogens is 300 g/mol. The monoisotopic (exact) mass is 317 g/mol. The number of carbonyl (C=O) groups is 1. The van der Waals surface area contributed by atoms with E-state index in [1.807, 2.05) is 4.90 Å². The molecule has 2 aromatic rings. The van der Waals surface area contributed by atoms with Crippen molar-refractivity contribution in [1.82, 2.24) is 4.98 Å². The van der Waals surface area contributed by atoms with Gasteiger partial charge in [-0.2, -0.15) is 0 Å². The smallest absolute Gasteiger partial charge is 0.227 e. The first-order chi connectivity index (χ1) is 11.1. The normalized spacial score (nSPS) is 15.5. The van der Waals surface area contributed by atoms with Crippen LogP contribution in [0.5, 0.6) is 0 Å². The molecule has 1 saturated heterocycles. The zero-order valence-corrected chi connectivity index (χ0v) is 12.5. The zero-order valence-electron chi connectivity index (χ0n) is 12.5. The summed E-state index contributed by atoms with van der Waals surface area (Å²) in [4.78, 5) is 18.2. The number of nitrogens with zero attached hydrogens (tertiary/aromatic N) is 2. The summed E-state index contributed by atoms with van der Waals surface area (Å²) in [6.07, 6.45) is 2.77. The first-order valence-electron chi connectivity index (χ1n) is 7.55. The van der Waals surface area contributed by atoms with Crippen molar-refractivity contribution in [2.45, 2.75) is 12.8 Å². The number of hydrogen-bond donors (Lipinski definition) is 1. The minimum absolute atomic E-state index is 0.128. The molecular formula is C17H17F2N3O. The fourth-order valence-electron chi connectivity index (χ4n) is 2.77. The standard InChI is InChI=1S/C17H17F2N3O/c18-13-3-1-4-14(11-13)21-17(23)12-6-9-22(10-7-12)16-15(19)5-2-8-20-16/h1-5,8,11-12H,6-7,9-10H2,(H,21,23).